The van der Waals surface area contributed by atoms with Gasteiger partial charge in [-0.15, -0.1) is 0 Å². The molecule has 1 aromatic carbocycles. The van der Waals surface area contributed by atoms with Gasteiger partial charge in [0.25, 0.3) is 5.95 Å². The molecule has 0 aliphatic carbocycles. The molecule has 6 rings (SSSR count). The van der Waals surface area contributed by atoms with Gasteiger partial charge in [0.2, 0.25) is 0 Å². The van der Waals surface area contributed by atoms with Gasteiger partial charge < -0.3 is 14.9 Å². The predicted molar refractivity (Wildman–Crippen MR) is 158 cm³/mol. The number of rotatable bonds is 7. The first-order chi connectivity index (χ1) is 20.7. The van der Waals surface area contributed by atoms with Crippen molar-refractivity contribution in [3.63, 3.8) is 0 Å². The van der Waals surface area contributed by atoms with E-state index in [0.29, 0.717) is 37.6 Å². The molecule has 1 amide bonds. The second-order valence-corrected chi connectivity index (χ2v) is 12.2. The zero-order chi connectivity index (χ0) is 30.1. The van der Waals surface area contributed by atoms with E-state index < -0.39 is 22.1 Å². The van der Waals surface area contributed by atoms with E-state index in [0.717, 1.165) is 18.4 Å². The fourth-order valence-electron chi connectivity index (χ4n) is 5.12. The van der Waals surface area contributed by atoms with Gasteiger partial charge in [0.1, 0.15) is 5.69 Å². The van der Waals surface area contributed by atoms with Crippen LogP contribution in [-0.2, 0) is 10.2 Å². The monoisotopic (exact) mass is 627 g/mol. The van der Waals surface area contributed by atoms with Gasteiger partial charge in [-0.3, -0.25) is 9.71 Å². The van der Waals surface area contributed by atoms with E-state index in [-0.39, 0.29) is 41.0 Å². The second kappa shape index (κ2) is 11.7. The summed E-state index contributed by atoms with van der Waals surface area (Å²) >= 11 is 6.41. The molecule has 0 atom stereocenters. The molecule has 224 valence electrons. The van der Waals surface area contributed by atoms with Gasteiger partial charge in [-0.05, 0) is 43.2 Å². The van der Waals surface area contributed by atoms with Gasteiger partial charge >= 0.3 is 16.3 Å². The van der Waals surface area contributed by atoms with Crippen molar-refractivity contribution in [1.29, 1.82) is 0 Å². The number of aromatic nitrogens is 5. The number of pyridine rings is 1. The minimum Gasteiger partial charge on any atom is -0.465 e. The minimum atomic E-state index is -4.01. The Kier molecular flexibility index (Phi) is 7.85. The van der Waals surface area contributed by atoms with Gasteiger partial charge in [0.15, 0.2) is 5.82 Å². The number of anilines is 2. The van der Waals surface area contributed by atoms with Crippen LogP contribution in [0, 0.1) is 5.82 Å². The highest BCUT2D eigenvalue weighted by atomic mass is 35.5. The lowest BCUT2D eigenvalue weighted by molar-refractivity contribution is 0.142. The van der Waals surface area contributed by atoms with Crippen molar-refractivity contribution in [2.75, 3.05) is 48.9 Å². The first-order valence-electron chi connectivity index (χ1n) is 13.5. The van der Waals surface area contributed by atoms with Crippen molar-refractivity contribution in [3.05, 3.63) is 66.0 Å². The number of hydrogen-bond acceptors (Lipinski definition) is 8. The van der Waals surface area contributed by atoms with Crippen molar-refractivity contribution in [3.8, 4) is 28.5 Å². The van der Waals surface area contributed by atoms with E-state index in [4.69, 9.17) is 11.6 Å². The van der Waals surface area contributed by atoms with E-state index in [9.17, 15) is 18.3 Å². The molecule has 0 unspecified atom stereocenters. The van der Waals surface area contributed by atoms with Gasteiger partial charge in [0, 0.05) is 74.0 Å². The maximum absolute atomic E-state index is 16.2. The van der Waals surface area contributed by atoms with Crippen molar-refractivity contribution in [2.24, 2.45) is 0 Å². The maximum Gasteiger partial charge on any atom is 0.407 e. The molecule has 4 aromatic rings. The number of nitrogens with one attached hydrogen (secondary N) is 1. The number of carbonyl (C=O) groups is 1. The van der Waals surface area contributed by atoms with Crippen LogP contribution in [0.3, 0.4) is 0 Å². The summed E-state index contributed by atoms with van der Waals surface area (Å²) in [5.74, 6) is -0.720. The largest absolute Gasteiger partial charge is 0.465 e. The Hall–Kier alpha value is -4.34. The summed E-state index contributed by atoms with van der Waals surface area (Å²) in [6.07, 6.45) is 6.93. The molecular weight excluding hydrogens is 601 g/mol. The number of hydrogen-bond donors (Lipinski definition) is 2. The summed E-state index contributed by atoms with van der Waals surface area (Å²) < 4.78 is 47.2. The highest BCUT2D eigenvalue weighted by Crippen LogP contribution is 2.37. The topological polar surface area (TPSA) is 150 Å². The molecule has 43 heavy (non-hydrogen) atoms. The van der Waals surface area contributed by atoms with E-state index in [1.165, 1.54) is 32.2 Å². The second-order valence-electron chi connectivity index (χ2n) is 10.1. The number of carboxylic acid groups (broad SMARTS) is 1. The van der Waals surface area contributed by atoms with Crippen molar-refractivity contribution >= 4 is 39.3 Å². The molecule has 2 saturated heterocycles. The van der Waals surface area contributed by atoms with Gasteiger partial charge in [0.05, 0.1) is 23.3 Å². The molecular formula is C27H27ClFN9O4S. The molecule has 16 heteroatoms. The summed E-state index contributed by atoms with van der Waals surface area (Å²) in [7, 11) is -4.01. The summed E-state index contributed by atoms with van der Waals surface area (Å²) in [6.45, 7) is 1.77. The first kappa shape index (κ1) is 28.8. The Bertz CT molecular complexity index is 1760. The molecule has 2 N–H and O–H groups in total. The van der Waals surface area contributed by atoms with Crippen LogP contribution in [0.25, 0.3) is 28.5 Å². The number of benzene rings is 1. The Labute approximate surface area is 251 Å². The molecule has 2 aliphatic rings. The molecule has 0 spiro atoms. The fraction of sp³-hybridized carbons (Fsp3) is 0.296. The third-order valence-electron chi connectivity index (χ3n) is 7.35. The highest BCUT2D eigenvalue weighted by molar-refractivity contribution is 7.90. The quantitative estimate of drug-likeness (QED) is 0.312. The van der Waals surface area contributed by atoms with Crippen LogP contribution in [0.1, 0.15) is 12.8 Å². The number of amides is 1. The zero-order valence-corrected chi connectivity index (χ0v) is 24.3. The number of nitrogens with zero attached hydrogens (tertiary/aromatic N) is 8. The van der Waals surface area contributed by atoms with Crippen LogP contribution in [0.5, 0.6) is 0 Å². The smallest absolute Gasteiger partial charge is 0.407 e. The van der Waals surface area contributed by atoms with Gasteiger partial charge in [-0.25, -0.2) is 23.8 Å². The highest BCUT2D eigenvalue weighted by Gasteiger charge is 2.29. The summed E-state index contributed by atoms with van der Waals surface area (Å²) in [5.41, 5.74) is 1.70. The standard InChI is InChI=1S/C27H27ClFN9O4S/c28-19-15-20(24(29)22(16-19)34-43(41,42)37-8-1-2-9-37)25-23(35-11-13-36(14-12-35)27(39)40)17-31-26(32-25)38-10-5-21(33-38)18-3-6-30-7-4-18/h3-7,10,15-17,34H,1-2,8-9,11-14H2,(H,39,40). The van der Waals surface area contributed by atoms with E-state index in [1.54, 1.807) is 24.7 Å². The van der Waals surface area contributed by atoms with Gasteiger partial charge in [-0.1, -0.05) is 11.6 Å². The normalized spacial score (nSPS) is 16.0. The summed E-state index contributed by atoms with van der Waals surface area (Å²) in [5, 5.41) is 14.1. The Morgan fingerprint density at radius 1 is 1.02 bits per heavy atom. The Morgan fingerprint density at radius 2 is 1.74 bits per heavy atom. The van der Waals surface area contributed by atoms with Crippen molar-refractivity contribution in [2.45, 2.75) is 12.8 Å². The van der Waals surface area contributed by atoms with Crippen molar-refractivity contribution in [1.82, 2.24) is 33.9 Å². The third kappa shape index (κ3) is 5.96. The van der Waals surface area contributed by atoms with E-state index >= 15 is 4.39 Å². The molecule has 3 aromatic heterocycles. The van der Waals surface area contributed by atoms with Crippen molar-refractivity contribution < 1.29 is 22.7 Å². The predicted octanol–water partition coefficient (Wildman–Crippen LogP) is 3.74. The fourth-order valence-corrected chi connectivity index (χ4v) is 6.64. The van der Waals surface area contributed by atoms with E-state index in [1.807, 2.05) is 17.0 Å². The zero-order valence-electron chi connectivity index (χ0n) is 22.8. The minimum absolute atomic E-state index is 0.0487. The lowest BCUT2D eigenvalue weighted by atomic mass is 10.1. The molecule has 2 aliphatic heterocycles. The average molecular weight is 628 g/mol. The Balaban J connectivity index is 1.42. The SMILES string of the molecule is O=C(O)N1CCN(c2cnc(-n3ccc(-c4ccncc4)n3)nc2-c2cc(Cl)cc(NS(=O)(=O)N3CCCC3)c2F)CC1. The first-order valence-corrected chi connectivity index (χ1v) is 15.3. The van der Waals surface area contributed by atoms with Crippen LogP contribution in [0.4, 0.5) is 20.6 Å². The number of halogens is 2. The van der Waals surface area contributed by atoms with Crippen LogP contribution < -0.4 is 9.62 Å². The van der Waals surface area contributed by atoms with E-state index in [2.05, 4.69) is 24.8 Å². The lowest BCUT2D eigenvalue weighted by Gasteiger charge is -2.35. The van der Waals surface area contributed by atoms with Crippen LogP contribution in [-0.4, -0.2) is 92.8 Å². The van der Waals surface area contributed by atoms with Gasteiger partial charge in [-0.2, -0.15) is 17.8 Å². The molecule has 0 saturated carbocycles. The van der Waals surface area contributed by atoms with Crippen LogP contribution in [0.15, 0.2) is 55.1 Å². The molecule has 0 radical (unpaired) electrons. The average Bonchev–Trinajstić information content (AvgIpc) is 3.73. The molecule has 2 fully saturated rings. The molecule has 5 heterocycles. The molecule has 13 nitrogen and oxygen atoms in total. The maximum atomic E-state index is 16.2. The third-order valence-corrected chi connectivity index (χ3v) is 9.10. The van der Waals surface area contributed by atoms with Crippen LogP contribution in [0.2, 0.25) is 5.02 Å². The summed E-state index contributed by atoms with van der Waals surface area (Å²) in [4.78, 5) is 27.8. The van der Waals surface area contributed by atoms with Crippen LogP contribution >= 0.6 is 11.6 Å². The lowest BCUT2D eigenvalue weighted by Crippen LogP contribution is -2.48. The molecule has 0 bridgehead atoms. The summed E-state index contributed by atoms with van der Waals surface area (Å²) in [6, 6.07) is 7.99. The number of piperazine rings is 1. The Morgan fingerprint density at radius 3 is 2.44 bits per heavy atom.